The van der Waals surface area contributed by atoms with Crippen molar-refractivity contribution in [3.05, 3.63) is 71.5 Å². The van der Waals surface area contributed by atoms with E-state index in [0.717, 1.165) is 22.2 Å². The number of fused-ring (bicyclic) bond motifs is 3. The van der Waals surface area contributed by atoms with Crippen LogP contribution >= 0.6 is 0 Å². The topological polar surface area (TPSA) is 107 Å². The van der Waals surface area contributed by atoms with E-state index in [1.807, 2.05) is 35.8 Å². The van der Waals surface area contributed by atoms with E-state index in [9.17, 15) is 9.59 Å². The lowest BCUT2D eigenvalue weighted by atomic mass is 10.1. The summed E-state index contributed by atoms with van der Waals surface area (Å²) in [5.41, 5.74) is 9.74. The molecule has 0 unspecified atom stereocenters. The molecule has 0 saturated heterocycles. The summed E-state index contributed by atoms with van der Waals surface area (Å²) in [5, 5.41) is 10.3. The van der Waals surface area contributed by atoms with Gasteiger partial charge in [-0.15, -0.1) is 0 Å². The summed E-state index contributed by atoms with van der Waals surface area (Å²) in [4.78, 5) is 27.3. The van der Waals surface area contributed by atoms with Crippen molar-refractivity contribution < 1.29 is 19.4 Å². The fraction of sp³-hybridized carbons (Fsp3) is 0.136. The maximum atomic E-state index is 12.1. The van der Waals surface area contributed by atoms with E-state index < -0.39 is 18.5 Å². The Balaban J connectivity index is 2.02. The number of primary amides is 1. The lowest BCUT2D eigenvalue weighted by Crippen LogP contribution is -2.11. The average molecular weight is 389 g/mol. The second-order valence-electron chi connectivity index (χ2n) is 6.85. The van der Waals surface area contributed by atoms with Crippen LogP contribution in [0.1, 0.15) is 21.5 Å². The molecule has 0 radical (unpaired) electrons. The molecule has 7 nitrogen and oxygen atoms in total. The van der Waals surface area contributed by atoms with Crippen molar-refractivity contribution >= 4 is 33.7 Å². The minimum atomic E-state index is -1.10. The third-order valence-corrected chi connectivity index (χ3v) is 4.80. The second kappa shape index (κ2) is 7.27. The standard InChI is InChI=1S/C22H19N3O4/c1-13-4-2-5-14(8-13)11-25-16-7-3-6-15(22(23)28)20(16)21-17(25)9-24-10-18(21)29-12-19(26)27/h2-10H,11-12H2,1H3,(H2,23,28)(H,26,27). The molecule has 2 aromatic heterocycles. The lowest BCUT2D eigenvalue weighted by Gasteiger charge is -2.09. The van der Waals surface area contributed by atoms with Crippen LogP contribution in [-0.4, -0.2) is 33.1 Å². The molecule has 0 atom stereocenters. The highest BCUT2D eigenvalue weighted by Crippen LogP contribution is 2.37. The van der Waals surface area contributed by atoms with E-state index in [2.05, 4.69) is 11.1 Å². The number of aryl methyl sites for hydroxylation is 1. The van der Waals surface area contributed by atoms with Gasteiger partial charge in [-0.05, 0) is 24.6 Å². The number of carbonyl (C=O) groups is 2. The third kappa shape index (κ3) is 3.38. The number of carboxylic acids is 1. The van der Waals surface area contributed by atoms with Crippen LogP contribution in [0.15, 0.2) is 54.9 Å². The van der Waals surface area contributed by atoms with Crippen LogP contribution in [-0.2, 0) is 11.3 Å². The van der Waals surface area contributed by atoms with Gasteiger partial charge in [-0.1, -0.05) is 35.9 Å². The maximum absolute atomic E-state index is 12.1. The number of nitrogens with two attached hydrogens (primary N) is 1. The Morgan fingerprint density at radius 3 is 2.62 bits per heavy atom. The zero-order valence-corrected chi connectivity index (χ0v) is 15.8. The first-order valence-corrected chi connectivity index (χ1v) is 9.04. The van der Waals surface area contributed by atoms with Gasteiger partial charge in [0.15, 0.2) is 6.61 Å². The van der Waals surface area contributed by atoms with E-state index in [4.69, 9.17) is 15.6 Å². The molecule has 0 spiro atoms. The average Bonchev–Trinajstić information content (AvgIpc) is 3.01. The van der Waals surface area contributed by atoms with Gasteiger partial charge < -0.3 is 20.1 Å². The predicted octanol–water partition coefficient (Wildman–Crippen LogP) is 3.11. The molecule has 7 heteroatoms. The van der Waals surface area contributed by atoms with Crippen molar-refractivity contribution in [1.82, 2.24) is 9.55 Å². The van der Waals surface area contributed by atoms with Gasteiger partial charge in [-0.25, -0.2) is 4.79 Å². The fourth-order valence-electron chi connectivity index (χ4n) is 3.66. The van der Waals surface area contributed by atoms with Gasteiger partial charge in [0, 0.05) is 17.5 Å². The van der Waals surface area contributed by atoms with Crippen molar-refractivity contribution in [3.8, 4) is 5.75 Å². The Morgan fingerprint density at radius 2 is 1.90 bits per heavy atom. The van der Waals surface area contributed by atoms with E-state index in [1.54, 1.807) is 18.3 Å². The van der Waals surface area contributed by atoms with Crippen LogP contribution in [0.4, 0.5) is 0 Å². The van der Waals surface area contributed by atoms with E-state index in [0.29, 0.717) is 28.6 Å². The smallest absolute Gasteiger partial charge is 0.341 e. The molecule has 4 aromatic rings. The molecule has 0 saturated carbocycles. The molecule has 2 aromatic carbocycles. The number of aromatic nitrogens is 2. The summed E-state index contributed by atoms with van der Waals surface area (Å²) in [6.45, 7) is 2.07. The summed E-state index contributed by atoms with van der Waals surface area (Å²) in [7, 11) is 0. The third-order valence-electron chi connectivity index (χ3n) is 4.80. The number of hydrogen-bond donors (Lipinski definition) is 2. The van der Waals surface area contributed by atoms with E-state index in [1.165, 1.54) is 6.20 Å². The van der Waals surface area contributed by atoms with Gasteiger partial charge in [0.2, 0.25) is 5.91 Å². The van der Waals surface area contributed by atoms with Crippen LogP contribution < -0.4 is 10.5 Å². The first-order chi connectivity index (χ1) is 14.0. The fourth-order valence-corrected chi connectivity index (χ4v) is 3.66. The Kier molecular flexibility index (Phi) is 4.64. The molecule has 0 fully saturated rings. The Morgan fingerprint density at radius 1 is 1.10 bits per heavy atom. The molecule has 3 N–H and O–H groups in total. The first-order valence-electron chi connectivity index (χ1n) is 9.04. The van der Waals surface area contributed by atoms with Crippen molar-refractivity contribution in [2.24, 2.45) is 5.73 Å². The molecule has 146 valence electrons. The quantitative estimate of drug-likeness (QED) is 0.527. The Labute approximate surface area is 166 Å². The number of nitrogens with zero attached hydrogens (tertiary/aromatic N) is 2. The number of aliphatic carboxylic acids is 1. The molecule has 1 amide bonds. The van der Waals surface area contributed by atoms with Crippen LogP contribution in [0.25, 0.3) is 21.8 Å². The molecule has 2 heterocycles. The number of benzene rings is 2. The summed E-state index contributed by atoms with van der Waals surface area (Å²) >= 11 is 0. The highest BCUT2D eigenvalue weighted by molar-refractivity contribution is 6.19. The Hall–Kier alpha value is -3.87. The van der Waals surface area contributed by atoms with Crippen LogP contribution in [0.2, 0.25) is 0 Å². The number of pyridine rings is 1. The van der Waals surface area contributed by atoms with E-state index in [-0.39, 0.29) is 0 Å². The number of carbonyl (C=O) groups excluding carboxylic acids is 1. The van der Waals surface area contributed by atoms with Gasteiger partial charge in [0.25, 0.3) is 0 Å². The van der Waals surface area contributed by atoms with Gasteiger partial charge in [0.05, 0.1) is 28.8 Å². The first kappa shape index (κ1) is 18.5. The van der Waals surface area contributed by atoms with Crippen LogP contribution in [0.5, 0.6) is 5.75 Å². The second-order valence-corrected chi connectivity index (χ2v) is 6.85. The molecule has 29 heavy (non-hydrogen) atoms. The Bertz CT molecular complexity index is 1260. The highest BCUT2D eigenvalue weighted by Gasteiger charge is 2.20. The van der Waals surface area contributed by atoms with Crippen molar-refractivity contribution in [1.29, 1.82) is 0 Å². The monoisotopic (exact) mass is 389 g/mol. The van der Waals surface area contributed by atoms with Crippen molar-refractivity contribution in [2.75, 3.05) is 6.61 Å². The van der Waals surface area contributed by atoms with Crippen LogP contribution in [0.3, 0.4) is 0 Å². The van der Waals surface area contributed by atoms with Crippen LogP contribution in [0, 0.1) is 6.92 Å². The lowest BCUT2D eigenvalue weighted by molar-refractivity contribution is -0.139. The molecule has 0 aliphatic carbocycles. The molecule has 0 bridgehead atoms. The molecule has 0 aliphatic heterocycles. The van der Waals surface area contributed by atoms with Gasteiger partial charge in [-0.3, -0.25) is 9.78 Å². The zero-order chi connectivity index (χ0) is 20.5. The molecule has 4 rings (SSSR count). The number of amides is 1. The SMILES string of the molecule is Cc1cccc(Cn2c3cncc(OCC(=O)O)c3c3c(C(N)=O)cccc32)c1. The predicted molar refractivity (Wildman–Crippen MR) is 109 cm³/mol. The van der Waals surface area contributed by atoms with E-state index >= 15 is 0 Å². The zero-order valence-electron chi connectivity index (χ0n) is 15.8. The van der Waals surface area contributed by atoms with Gasteiger partial charge in [-0.2, -0.15) is 0 Å². The van der Waals surface area contributed by atoms with Crippen molar-refractivity contribution in [2.45, 2.75) is 13.5 Å². The number of carboxylic acid groups (broad SMARTS) is 1. The van der Waals surface area contributed by atoms with Gasteiger partial charge >= 0.3 is 5.97 Å². The normalized spacial score (nSPS) is 11.1. The summed E-state index contributed by atoms with van der Waals surface area (Å²) in [6.07, 6.45) is 3.14. The molecular formula is C22H19N3O4. The minimum Gasteiger partial charge on any atom is -0.480 e. The highest BCUT2D eigenvalue weighted by atomic mass is 16.5. The van der Waals surface area contributed by atoms with Crippen molar-refractivity contribution in [3.63, 3.8) is 0 Å². The molecule has 0 aliphatic rings. The number of ether oxygens (including phenoxy) is 1. The number of hydrogen-bond acceptors (Lipinski definition) is 4. The van der Waals surface area contributed by atoms with Gasteiger partial charge in [0.1, 0.15) is 5.75 Å². The molecular weight excluding hydrogens is 370 g/mol. The summed E-state index contributed by atoms with van der Waals surface area (Å²) in [5.74, 6) is -1.36. The summed E-state index contributed by atoms with van der Waals surface area (Å²) in [6, 6.07) is 13.5. The number of rotatable bonds is 6. The maximum Gasteiger partial charge on any atom is 0.341 e. The summed E-state index contributed by atoms with van der Waals surface area (Å²) < 4.78 is 7.51. The minimum absolute atomic E-state index is 0.298. The largest absolute Gasteiger partial charge is 0.480 e.